The van der Waals surface area contributed by atoms with Gasteiger partial charge in [-0.1, -0.05) is 141 Å². The molecule has 0 aromatic carbocycles. The van der Waals surface area contributed by atoms with Crippen molar-refractivity contribution < 1.29 is 29.3 Å². The second kappa shape index (κ2) is 35.2. The average molecular weight is 793 g/mol. The van der Waals surface area contributed by atoms with Gasteiger partial charge in [0.1, 0.15) is 5.60 Å². The number of unbranched alkanes of at least 4 members (excludes halogenated alkanes) is 22. The van der Waals surface area contributed by atoms with Crippen LogP contribution in [0.4, 0.5) is 0 Å². The lowest BCUT2D eigenvalue weighted by Crippen LogP contribution is -2.73. The fourth-order valence-corrected chi connectivity index (χ4v) is 7.48. The average Bonchev–Trinajstić information content (AvgIpc) is 3.16. The summed E-state index contributed by atoms with van der Waals surface area (Å²) in [6, 6.07) is 0. The van der Waals surface area contributed by atoms with Gasteiger partial charge in [0, 0.05) is 25.9 Å². The molecule has 0 saturated heterocycles. The SMILES string of the molecule is CCCCCCCCC=CCCCCCCCC(=O)OC(C)(C)C(C)(OC(=O)CCCCCCCC=CCCCCCCCC)C(C)(C)N(CCO)NCCO. The van der Waals surface area contributed by atoms with E-state index in [1.165, 1.54) is 103 Å². The molecule has 0 spiro atoms. The number of allylic oxidation sites excluding steroid dienone is 4. The van der Waals surface area contributed by atoms with Crippen molar-refractivity contribution in [3.63, 3.8) is 0 Å². The van der Waals surface area contributed by atoms with E-state index in [1.54, 1.807) is 5.01 Å². The first-order valence-corrected chi connectivity index (χ1v) is 23.4. The number of β-amino-alcohol motifs (C(OH)–C–C–N with tert-alkyl or cyclic N) is 1. The summed E-state index contributed by atoms with van der Waals surface area (Å²) in [5.41, 5.74) is -0.243. The Labute approximate surface area is 346 Å². The fourth-order valence-electron chi connectivity index (χ4n) is 7.48. The minimum atomic E-state index is -1.30. The van der Waals surface area contributed by atoms with Crippen molar-refractivity contribution >= 4 is 11.9 Å². The molecule has 0 aromatic heterocycles. The van der Waals surface area contributed by atoms with E-state index in [0.717, 1.165) is 64.2 Å². The molecule has 0 saturated carbocycles. The van der Waals surface area contributed by atoms with Crippen molar-refractivity contribution in [2.75, 3.05) is 26.3 Å². The molecule has 1 unspecified atom stereocenters. The Bertz CT molecular complexity index is 996. The summed E-state index contributed by atoms with van der Waals surface area (Å²) in [5.74, 6) is -0.634. The number of aliphatic hydroxyl groups is 2. The summed E-state index contributed by atoms with van der Waals surface area (Å²) in [6.07, 6.45) is 40.8. The molecule has 330 valence electrons. The number of rotatable bonds is 40. The maximum atomic E-state index is 13.5. The quantitative estimate of drug-likeness (QED) is 0.0244. The third-order valence-corrected chi connectivity index (χ3v) is 11.7. The zero-order chi connectivity index (χ0) is 41.8. The minimum Gasteiger partial charge on any atom is -0.455 e. The molecule has 0 amide bonds. The van der Waals surface area contributed by atoms with Crippen LogP contribution in [0, 0.1) is 0 Å². The van der Waals surface area contributed by atoms with Gasteiger partial charge in [-0.3, -0.25) is 15.0 Å². The Morgan fingerprint density at radius 1 is 0.518 bits per heavy atom. The molecular weight excluding hydrogens is 701 g/mol. The van der Waals surface area contributed by atoms with Crippen LogP contribution in [0.3, 0.4) is 0 Å². The van der Waals surface area contributed by atoms with Gasteiger partial charge >= 0.3 is 11.9 Å². The topological polar surface area (TPSA) is 108 Å². The molecule has 0 radical (unpaired) electrons. The Kier molecular flexibility index (Phi) is 34.1. The second-order valence-corrected chi connectivity index (χ2v) is 17.2. The van der Waals surface area contributed by atoms with Gasteiger partial charge in [-0.15, -0.1) is 0 Å². The molecule has 8 heteroatoms. The third-order valence-electron chi connectivity index (χ3n) is 11.7. The van der Waals surface area contributed by atoms with Gasteiger partial charge in [-0.2, -0.15) is 0 Å². The van der Waals surface area contributed by atoms with Crippen molar-refractivity contribution in [1.82, 2.24) is 10.4 Å². The molecule has 1 atom stereocenters. The van der Waals surface area contributed by atoms with Crippen LogP contribution in [-0.4, -0.2) is 70.2 Å². The van der Waals surface area contributed by atoms with Crippen molar-refractivity contribution in [3.05, 3.63) is 24.3 Å². The van der Waals surface area contributed by atoms with Crippen LogP contribution < -0.4 is 5.43 Å². The van der Waals surface area contributed by atoms with Crippen LogP contribution in [-0.2, 0) is 19.1 Å². The Balaban J connectivity index is 4.94. The number of carbonyl (C=O) groups is 2. The zero-order valence-electron chi connectivity index (χ0n) is 37.9. The monoisotopic (exact) mass is 793 g/mol. The Hall–Kier alpha value is -1.74. The number of hydrogen-bond acceptors (Lipinski definition) is 8. The predicted molar refractivity (Wildman–Crippen MR) is 237 cm³/mol. The van der Waals surface area contributed by atoms with E-state index in [0.29, 0.717) is 6.42 Å². The van der Waals surface area contributed by atoms with Crippen molar-refractivity contribution in [2.24, 2.45) is 0 Å². The van der Waals surface area contributed by atoms with Gasteiger partial charge in [0.05, 0.1) is 18.8 Å². The van der Waals surface area contributed by atoms with Crippen LogP contribution >= 0.6 is 0 Å². The van der Waals surface area contributed by atoms with Gasteiger partial charge in [0.25, 0.3) is 0 Å². The lowest BCUT2D eigenvalue weighted by Gasteiger charge is -2.55. The number of hydrogen-bond donors (Lipinski definition) is 3. The number of hydrazine groups is 1. The summed E-state index contributed by atoms with van der Waals surface area (Å²) in [6.45, 7) is 14.0. The third kappa shape index (κ3) is 25.6. The van der Waals surface area contributed by atoms with E-state index < -0.39 is 16.7 Å². The number of ether oxygens (including phenoxy) is 2. The molecule has 56 heavy (non-hydrogen) atoms. The summed E-state index contributed by atoms with van der Waals surface area (Å²) in [5, 5.41) is 21.3. The van der Waals surface area contributed by atoms with Gasteiger partial charge < -0.3 is 19.7 Å². The second-order valence-electron chi connectivity index (χ2n) is 17.2. The van der Waals surface area contributed by atoms with Gasteiger partial charge in [-0.05, 0) is 98.8 Å². The van der Waals surface area contributed by atoms with E-state index in [-0.39, 0.29) is 44.7 Å². The molecular formula is C48H92N2O6. The number of aliphatic hydroxyl groups excluding tert-OH is 2. The van der Waals surface area contributed by atoms with Crippen LogP contribution in [0.25, 0.3) is 0 Å². The smallest absolute Gasteiger partial charge is 0.306 e. The number of nitrogens with one attached hydrogen (secondary N) is 1. The predicted octanol–water partition coefficient (Wildman–Crippen LogP) is 12.3. The largest absolute Gasteiger partial charge is 0.455 e. The van der Waals surface area contributed by atoms with E-state index >= 15 is 0 Å². The highest BCUT2D eigenvalue weighted by Crippen LogP contribution is 2.42. The molecule has 0 aromatic rings. The first-order valence-electron chi connectivity index (χ1n) is 23.4. The fraction of sp³-hybridized carbons (Fsp3) is 0.875. The first kappa shape index (κ1) is 54.3. The summed E-state index contributed by atoms with van der Waals surface area (Å²) < 4.78 is 12.5. The van der Waals surface area contributed by atoms with Crippen molar-refractivity contribution in [3.8, 4) is 0 Å². The maximum absolute atomic E-state index is 13.5. The zero-order valence-corrected chi connectivity index (χ0v) is 37.9. The standard InChI is InChI=1S/C48H92N2O6/c1-8-10-12-14-16-18-20-22-24-26-28-30-32-34-36-38-44(53)55-47(5,6)48(7,46(3,4)50(41-43-52)49-40-42-51)56-45(54)39-37-35-33-31-29-27-25-23-21-19-17-15-13-11-9-2/h22-25,49,51-52H,8-21,26-43H2,1-7H3. The number of nitrogens with zero attached hydrogens (tertiary/aromatic N) is 1. The van der Waals surface area contributed by atoms with Crippen LogP contribution in [0.2, 0.25) is 0 Å². The van der Waals surface area contributed by atoms with Crippen LogP contribution in [0.5, 0.6) is 0 Å². The molecule has 3 N–H and O–H groups in total. The lowest BCUT2D eigenvalue weighted by atomic mass is 9.72. The molecule has 0 heterocycles. The van der Waals surface area contributed by atoms with E-state index in [2.05, 4.69) is 43.6 Å². The molecule has 0 rings (SSSR count). The van der Waals surface area contributed by atoms with Gasteiger partial charge in [-0.25, -0.2) is 5.01 Å². The number of esters is 2. The highest BCUT2D eigenvalue weighted by molar-refractivity contribution is 5.71. The molecule has 0 bridgehead atoms. The van der Waals surface area contributed by atoms with E-state index in [1.807, 2.05) is 34.6 Å². The van der Waals surface area contributed by atoms with Crippen LogP contribution in [0.15, 0.2) is 24.3 Å². The Morgan fingerprint density at radius 3 is 1.25 bits per heavy atom. The van der Waals surface area contributed by atoms with E-state index in [4.69, 9.17) is 9.47 Å². The lowest BCUT2D eigenvalue weighted by molar-refractivity contribution is -0.237. The molecule has 0 aliphatic heterocycles. The molecule has 0 aliphatic rings. The summed E-state index contributed by atoms with van der Waals surface area (Å²) >= 11 is 0. The molecule has 0 fully saturated rings. The van der Waals surface area contributed by atoms with Crippen molar-refractivity contribution in [2.45, 2.75) is 245 Å². The van der Waals surface area contributed by atoms with E-state index in [9.17, 15) is 19.8 Å². The summed E-state index contributed by atoms with van der Waals surface area (Å²) in [7, 11) is 0. The van der Waals surface area contributed by atoms with Crippen LogP contribution in [0.1, 0.15) is 228 Å². The summed E-state index contributed by atoms with van der Waals surface area (Å²) in [4.78, 5) is 26.8. The number of carbonyl (C=O) groups excluding carboxylic acids is 2. The Morgan fingerprint density at radius 2 is 0.875 bits per heavy atom. The maximum Gasteiger partial charge on any atom is 0.306 e. The van der Waals surface area contributed by atoms with Gasteiger partial charge in [0.15, 0.2) is 5.60 Å². The molecule has 0 aliphatic carbocycles. The highest BCUT2D eigenvalue weighted by atomic mass is 16.6. The highest BCUT2D eigenvalue weighted by Gasteiger charge is 2.59. The first-order chi connectivity index (χ1) is 26.9. The van der Waals surface area contributed by atoms with Crippen molar-refractivity contribution in [1.29, 1.82) is 0 Å². The van der Waals surface area contributed by atoms with Gasteiger partial charge in [0.2, 0.25) is 0 Å². The molecule has 8 nitrogen and oxygen atoms in total. The minimum absolute atomic E-state index is 0.0989. The normalized spacial score (nSPS) is 13.6.